The third-order valence-electron chi connectivity index (χ3n) is 2.77. The van der Waals surface area contributed by atoms with E-state index in [1.54, 1.807) is 0 Å². The van der Waals surface area contributed by atoms with Crippen molar-refractivity contribution in [1.82, 2.24) is 5.32 Å². The highest BCUT2D eigenvalue weighted by atomic mass is 79.9. The molecule has 1 N–H and O–H groups in total. The van der Waals surface area contributed by atoms with Gasteiger partial charge in [0.1, 0.15) is 5.82 Å². The maximum Gasteiger partial charge on any atom is 0.402 e. The zero-order chi connectivity index (χ0) is 16.4. The molecule has 0 spiro atoms. The van der Waals surface area contributed by atoms with Crippen molar-refractivity contribution in [2.24, 2.45) is 5.92 Å². The lowest BCUT2D eigenvalue weighted by Crippen LogP contribution is -2.45. The van der Waals surface area contributed by atoms with E-state index in [4.69, 9.17) is 0 Å². The molecular formula is C12H11BrF7N. The molecule has 0 saturated heterocycles. The van der Waals surface area contributed by atoms with Crippen LogP contribution in [0.15, 0.2) is 22.7 Å². The zero-order valence-corrected chi connectivity index (χ0v) is 12.2. The molecule has 0 aliphatic rings. The van der Waals surface area contributed by atoms with Gasteiger partial charge in [0, 0.05) is 0 Å². The molecular weight excluding hydrogens is 371 g/mol. The molecule has 1 aromatic carbocycles. The van der Waals surface area contributed by atoms with E-state index in [2.05, 4.69) is 21.2 Å². The van der Waals surface area contributed by atoms with Crippen LogP contribution in [0.2, 0.25) is 0 Å². The van der Waals surface area contributed by atoms with Gasteiger partial charge in [-0.15, -0.1) is 0 Å². The fourth-order valence-electron chi connectivity index (χ4n) is 1.92. The summed E-state index contributed by atoms with van der Waals surface area (Å²) in [6.45, 7) is 1.28. The summed E-state index contributed by atoms with van der Waals surface area (Å²) in [5.74, 6) is -4.35. The molecule has 1 atom stereocenters. The third-order valence-corrected chi connectivity index (χ3v) is 3.37. The van der Waals surface area contributed by atoms with Crippen molar-refractivity contribution in [1.29, 1.82) is 0 Å². The lowest BCUT2D eigenvalue weighted by molar-refractivity contribution is -0.292. The van der Waals surface area contributed by atoms with E-state index in [-0.39, 0.29) is 16.6 Å². The quantitative estimate of drug-likeness (QED) is 0.725. The van der Waals surface area contributed by atoms with Crippen molar-refractivity contribution in [2.45, 2.75) is 25.3 Å². The predicted octanol–water partition coefficient (Wildman–Crippen LogP) is 4.98. The fraction of sp³-hybridized carbons (Fsp3) is 0.500. The van der Waals surface area contributed by atoms with Gasteiger partial charge >= 0.3 is 12.4 Å². The third kappa shape index (κ3) is 4.57. The molecule has 0 saturated carbocycles. The Morgan fingerprint density at radius 2 is 1.62 bits per heavy atom. The first-order valence-corrected chi connectivity index (χ1v) is 6.59. The molecule has 0 heterocycles. The largest absolute Gasteiger partial charge is 0.402 e. The SMILES string of the molecule is CCNC(c1ccc(F)c(Br)c1)C(C(F)(F)F)C(F)(F)F. The minimum atomic E-state index is -5.48. The van der Waals surface area contributed by atoms with Crippen LogP contribution in [0.3, 0.4) is 0 Å². The van der Waals surface area contributed by atoms with Crippen molar-refractivity contribution in [3.8, 4) is 0 Å². The second-order valence-corrected chi connectivity index (χ2v) is 5.12. The van der Waals surface area contributed by atoms with Crippen molar-refractivity contribution >= 4 is 15.9 Å². The first kappa shape index (κ1) is 18.2. The Hall–Kier alpha value is -0.830. The molecule has 21 heavy (non-hydrogen) atoms. The highest BCUT2D eigenvalue weighted by molar-refractivity contribution is 9.10. The number of benzene rings is 1. The van der Waals surface area contributed by atoms with Crippen LogP contribution in [0, 0.1) is 11.7 Å². The van der Waals surface area contributed by atoms with E-state index in [1.165, 1.54) is 6.92 Å². The average molecular weight is 382 g/mol. The summed E-state index contributed by atoms with van der Waals surface area (Å²) in [4.78, 5) is 0. The van der Waals surface area contributed by atoms with Gasteiger partial charge < -0.3 is 5.32 Å². The van der Waals surface area contributed by atoms with Gasteiger partial charge in [-0.05, 0) is 40.2 Å². The normalized spacial score (nSPS) is 14.6. The fourth-order valence-corrected chi connectivity index (χ4v) is 2.31. The minimum Gasteiger partial charge on any atom is -0.309 e. The summed E-state index contributed by atoms with van der Waals surface area (Å²) < 4.78 is 89.8. The molecule has 0 bridgehead atoms. The molecule has 9 heteroatoms. The number of nitrogens with one attached hydrogen (secondary N) is 1. The monoisotopic (exact) mass is 381 g/mol. The van der Waals surface area contributed by atoms with E-state index in [0.29, 0.717) is 0 Å². The summed E-state index contributed by atoms with van der Waals surface area (Å²) >= 11 is 2.75. The van der Waals surface area contributed by atoms with Crippen molar-refractivity contribution < 1.29 is 30.7 Å². The number of alkyl halides is 6. The maximum absolute atomic E-state index is 13.1. The standard InChI is InChI=1S/C12H11BrF7N/c1-2-21-9(6-3-4-8(14)7(13)5-6)10(11(15,16)17)12(18,19)20/h3-5,9-10,21H,2H2,1H3. The molecule has 0 aliphatic carbocycles. The second kappa shape index (κ2) is 6.51. The van der Waals surface area contributed by atoms with Crippen LogP contribution in [0.1, 0.15) is 18.5 Å². The van der Waals surface area contributed by atoms with Gasteiger partial charge in [0.2, 0.25) is 0 Å². The van der Waals surface area contributed by atoms with Crippen LogP contribution in [0.4, 0.5) is 30.7 Å². The Labute approximate surface area is 124 Å². The molecule has 120 valence electrons. The lowest BCUT2D eigenvalue weighted by Gasteiger charge is -2.31. The highest BCUT2D eigenvalue weighted by Crippen LogP contribution is 2.46. The molecule has 0 amide bonds. The zero-order valence-electron chi connectivity index (χ0n) is 10.6. The second-order valence-electron chi connectivity index (χ2n) is 4.27. The molecule has 0 radical (unpaired) electrons. The van der Waals surface area contributed by atoms with Crippen LogP contribution in [-0.2, 0) is 0 Å². The Bertz CT molecular complexity index is 469. The first-order valence-electron chi connectivity index (χ1n) is 5.80. The number of halogens is 8. The predicted molar refractivity (Wildman–Crippen MR) is 66.1 cm³/mol. The Balaban J connectivity index is 3.34. The van der Waals surface area contributed by atoms with E-state index >= 15 is 0 Å². The van der Waals surface area contributed by atoms with Gasteiger partial charge in [0.25, 0.3) is 0 Å². The summed E-state index contributed by atoms with van der Waals surface area (Å²) in [7, 11) is 0. The molecule has 0 fully saturated rings. The Morgan fingerprint density at radius 3 is 2.00 bits per heavy atom. The van der Waals surface area contributed by atoms with Gasteiger partial charge in [-0.1, -0.05) is 13.0 Å². The van der Waals surface area contributed by atoms with Crippen molar-refractivity contribution in [3.63, 3.8) is 0 Å². The molecule has 1 aromatic rings. The minimum absolute atomic E-state index is 0.109. The van der Waals surface area contributed by atoms with E-state index in [0.717, 1.165) is 18.2 Å². The Morgan fingerprint density at radius 1 is 1.10 bits per heavy atom. The number of rotatable bonds is 4. The van der Waals surface area contributed by atoms with E-state index in [1.807, 2.05) is 0 Å². The van der Waals surface area contributed by atoms with Crippen molar-refractivity contribution in [2.75, 3.05) is 6.54 Å². The smallest absolute Gasteiger partial charge is 0.309 e. The van der Waals surface area contributed by atoms with Crippen LogP contribution in [0.5, 0.6) is 0 Å². The molecule has 0 aliphatic heterocycles. The van der Waals surface area contributed by atoms with Crippen LogP contribution < -0.4 is 5.32 Å². The van der Waals surface area contributed by atoms with Crippen molar-refractivity contribution in [3.05, 3.63) is 34.1 Å². The number of hydrogen-bond acceptors (Lipinski definition) is 1. The Kier molecular flexibility index (Phi) is 5.65. The van der Waals surface area contributed by atoms with E-state index in [9.17, 15) is 30.7 Å². The van der Waals surface area contributed by atoms with Gasteiger partial charge in [0.05, 0.1) is 10.5 Å². The lowest BCUT2D eigenvalue weighted by atomic mass is 9.91. The topological polar surface area (TPSA) is 12.0 Å². The maximum atomic E-state index is 13.1. The summed E-state index contributed by atoms with van der Waals surface area (Å²) in [5.41, 5.74) is -0.301. The molecule has 0 aromatic heterocycles. The molecule has 1 unspecified atom stereocenters. The average Bonchev–Trinajstić information content (AvgIpc) is 2.28. The number of hydrogen-bond donors (Lipinski definition) is 1. The molecule has 1 rings (SSSR count). The first-order chi connectivity index (χ1) is 9.48. The highest BCUT2D eigenvalue weighted by Gasteiger charge is 2.60. The van der Waals surface area contributed by atoms with E-state index < -0.39 is 30.1 Å². The molecule has 1 nitrogen and oxygen atoms in total. The van der Waals surface area contributed by atoms with Crippen LogP contribution >= 0.6 is 15.9 Å². The van der Waals surface area contributed by atoms with Crippen LogP contribution in [0.25, 0.3) is 0 Å². The summed E-state index contributed by atoms with van der Waals surface area (Å²) in [6, 6.07) is 0.574. The van der Waals surface area contributed by atoms with Gasteiger partial charge in [-0.2, -0.15) is 26.3 Å². The van der Waals surface area contributed by atoms with Gasteiger partial charge in [0.15, 0.2) is 5.92 Å². The summed E-state index contributed by atoms with van der Waals surface area (Å²) in [6.07, 6.45) is -11.0. The van der Waals surface area contributed by atoms with Gasteiger partial charge in [-0.3, -0.25) is 0 Å². The van der Waals surface area contributed by atoms with Gasteiger partial charge in [-0.25, -0.2) is 4.39 Å². The summed E-state index contributed by atoms with van der Waals surface area (Å²) in [5, 5.41) is 2.18. The van der Waals surface area contributed by atoms with Crippen LogP contribution in [-0.4, -0.2) is 18.9 Å².